The molecule has 0 saturated carbocycles. The Bertz CT molecular complexity index is 479. The van der Waals surface area contributed by atoms with Gasteiger partial charge in [-0.05, 0) is 12.0 Å². The van der Waals surface area contributed by atoms with Crippen LogP contribution in [0.15, 0.2) is 30.3 Å². The number of carbonyl (C=O) groups is 2. The number of carbonyl (C=O) groups excluding carboxylic acids is 2. The van der Waals surface area contributed by atoms with Crippen molar-refractivity contribution >= 4 is 23.7 Å². The van der Waals surface area contributed by atoms with Crippen LogP contribution >= 0.6 is 11.6 Å². The maximum Gasteiger partial charge on any atom is 0.410 e. The maximum absolute atomic E-state index is 12.0. The number of alkyl halides is 1. The van der Waals surface area contributed by atoms with Gasteiger partial charge in [-0.15, -0.1) is 11.6 Å². The van der Waals surface area contributed by atoms with Gasteiger partial charge in [0.05, 0.1) is 12.5 Å². The van der Waals surface area contributed by atoms with Gasteiger partial charge in [0.15, 0.2) is 0 Å². The number of hydrogen-bond donors (Lipinski definition) is 0. The molecule has 1 heterocycles. The molecule has 0 spiro atoms. The van der Waals surface area contributed by atoms with Crippen LogP contribution in [0, 0.1) is 0 Å². The Morgan fingerprint density at radius 1 is 1.35 bits per heavy atom. The van der Waals surface area contributed by atoms with E-state index in [1.807, 2.05) is 30.3 Å². The van der Waals surface area contributed by atoms with Crippen molar-refractivity contribution in [3.8, 4) is 0 Å². The predicted octanol–water partition coefficient (Wildman–Crippen LogP) is 2.18. The second-order valence-electron chi connectivity index (χ2n) is 4.56. The van der Waals surface area contributed by atoms with Crippen molar-refractivity contribution in [3.05, 3.63) is 35.9 Å². The zero-order chi connectivity index (χ0) is 14.5. The van der Waals surface area contributed by atoms with Gasteiger partial charge in [-0.2, -0.15) is 0 Å². The molecule has 0 radical (unpaired) electrons. The highest BCUT2D eigenvalue weighted by Crippen LogP contribution is 2.24. The Hall–Kier alpha value is -1.75. The van der Waals surface area contributed by atoms with Gasteiger partial charge in [-0.1, -0.05) is 30.3 Å². The van der Waals surface area contributed by atoms with Crippen molar-refractivity contribution in [2.24, 2.45) is 0 Å². The number of amides is 1. The van der Waals surface area contributed by atoms with Gasteiger partial charge >= 0.3 is 12.1 Å². The van der Waals surface area contributed by atoms with Gasteiger partial charge in [0.25, 0.3) is 0 Å². The summed E-state index contributed by atoms with van der Waals surface area (Å²) in [5, 5.41) is -0.261. The molecule has 1 saturated heterocycles. The van der Waals surface area contributed by atoms with Gasteiger partial charge in [-0.25, -0.2) is 9.59 Å². The molecule has 2 unspecified atom stereocenters. The van der Waals surface area contributed by atoms with Gasteiger partial charge in [0, 0.05) is 6.54 Å². The summed E-state index contributed by atoms with van der Waals surface area (Å²) >= 11 is 6.01. The van der Waals surface area contributed by atoms with E-state index < -0.39 is 18.1 Å². The van der Waals surface area contributed by atoms with Gasteiger partial charge in [-0.3, -0.25) is 4.90 Å². The molecule has 1 aromatic rings. The number of nitrogens with zero attached hydrogens (tertiary/aromatic N) is 1. The maximum atomic E-state index is 12.0. The Balaban J connectivity index is 1.95. The van der Waals surface area contributed by atoms with Crippen molar-refractivity contribution < 1.29 is 19.1 Å². The highest BCUT2D eigenvalue weighted by atomic mass is 35.5. The summed E-state index contributed by atoms with van der Waals surface area (Å²) < 4.78 is 9.88. The van der Waals surface area contributed by atoms with E-state index >= 15 is 0 Å². The third-order valence-corrected chi connectivity index (χ3v) is 3.48. The molecule has 1 aromatic carbocycles. The van der Waals surface area contributed by atoms with E-state index in [2.05, 4.69) is 4.74 Å². The number of ether oxygens (including phenoxy) is 2. The van der Waals surface area contributed by atoms with Crippen LogP contribution in [0.4, 0.5) is 4.79 Å². The van der Waals surface area contributed by atoms with Crippen LogP contribution in [0.1, 0.15) is 12.0 Å². The van der Waals surface area contributed by atoms with E-state index in [9.17, 15) is 9.59 Å². The zero-order valence-corrected chi connectivity index (χ0v) is 11.9. The fourth-order valence-electron chi connectivity index (χ4n) is 2.15. The third-order valence-electron chi connectivity index (χ3n) is 3.16. The summed E-state index contributed by atoms with van der Waals surface area (Å²) in [5.74, 6) is -0.468. The lowest BCUT2D eigenvalue weighted by Crippen LogP contribution is -2.41. The van der Waals surface area contributed by atoms with E-state index in [0.717, 1.165) is 5.56 Å². The molecule has 6 heteroatoms. The molecule has 108 valence electrons. The minimum absolute atomic E-state index is 0.164. The van der Waals surface area contributed by atoms with Gasteiger partial charge < -0.3 is 9.47 Å². The quantitative estimate of drug-likeness (QED) is 0.634. The molecule has 5 nitrogen and oxygen atoms in total. The third kappa shape index (κ3) is 3.42. The highest BCUT2D eigenvalue weighted by Gasteiger charge is 2.40. The van der Waals surface area contributed by atoms with Crippen LogP contribution < -0.4 is 0 Å². The lowest BCUT2D eigenvalue weighted by molar-refractivity contribution is -0.145. The standard InChI is InChI=1S/C14H16ClNO4/c1-19-13(17)12-7-11(15)8-16(12)14(18)20-9-10-5-3-2-4-6-10/h2-6,11-12H,7-9H2,1H3. The Labute approximate surface area is 122 Å². The van der Waals surface area contributed by atoms with E-state index in [0.29, 0.717) is 6.42 Å². The van der Waals surface area contributed by atoms with Crippen molar-refractivity contribution in [1.82, 2.24) is 4.90 Å². The van der Waals surface area contributed by atoms with Crippen LogP contribution in [0.2, 0.25) is 0 Å². The van der Waals surface area contributed by atoms with Crippen molar-refractivity contribution in [2.75, 3.05) is 13.7 Å². The minimum Gasteiger partial charge on any atom is -0.467 e. The number of likely N-dealkylation sites (tertiary alicyclic amines) is 1. The van der Waals surface area contributed by atoms with E-state index in [4.69, 9.17) is 16.3 Å². The smallest absolute Gasteiger partial charge is 0.410 e. The second kappa shape index (κ2) is 6.61. The lowest BCUT2D eigenvalue weighted by Gasteiger charge is -2.21. The van der Waals surface area contributed by atoms with Crippen LogP contribution in [0.5, 0.6) is 0 Å². The Morgan fingerprint density at radius 2 is 2.05 bits per heavy atom. The van der Waals surface area contributed by atoms with Crippen molar-refractivity contribution in [3.63, 3.8) is 0 Å². The van der Waals surface area contributed by atoms with Crippen molar-refractivity contribution in [2.45, 2.75) is 24.4 Å². The Morgan fingerprint density at radius 3 is 2.70 bits per heavy atom. The molecule has 0 aliphatic carbocycles. The molecule has 1 aliphatic rings. The summed E-state index contributed by atoms with van der Waals surface area (Å²) in [4.78, 5) is 25.0. The summed E-state index contributed by atoms with van der Waals surface area (Å²) in [6, 6.07) is 8.68. The van der Waals surface area contributed by atoms with Crippen LogP contribution in [0.25, 0.3) is 0 Å². The molecular weight excluding hydrogens is 282 g/mol. The number of halogens is 1. The summed E-state index contributed by atoms with van der Waals surface area (Å²) in [6.07, 6.45) is -0.165. The molecule has 0 aromatic heterocycles. The van der Waals surface area contributed by atoms with E-state index in [1.165, 1.54) is 12.0 Å². The largest absolute Gasteiger partial charge is 0.467 e. The molecule has 0 N–H and O–H groups in total. The van der Waals surface area contributed by atoms with Gasteiger partial charge in [0.1, 0.15) is 12.6 Å². The first-order chi connectivity index (χ1) is 9.61. The van der Waals surface area contributed by atoms with Crippen LogP contribution in [-0.2, 0) is 20.9 Å². The normalized spacial score (nSPS) is 21.6. The SMILES string of the molecule is COC(=O)C1CC(Cl)CN1C(=O)OCc1ccccc1. The topological polar surface area (TPSA) is 55.8 Å². The molecular formula is C14H16ClNO4. The van der Waals surface area contributed by atoms with Crippen LogP contribution in [-0.4, -0.2) is 42.0 Å². The summed E-state index contributed by atoms with van der Waals surface area (Å²) in [7, 11) is 1.29. The molecule has 2 rings (SSSR count). The molecule has 2 atom stereocenters. The van der Waals surface area contributed by atoms with E-state index in [1.54, 1.807) is 0 Å². The summed E-state index contributed by atoms with van der Waals surface area (Å²) in [5.41, 5.74) is 0.886. The van der Waals surface area contributed by atoms with Crippen molar-refractivity contribution in [1.29, 1.82) is 0 Å². The van der Waals surface area contributed by atoms with Gasteiger partial charge in [0.2, 0.25) is 0 Å². The second-order valence-corrected chi connectivity index (χ2v) is 5.18. The molecule has 20 heavy (non-hydrogen) atoms. The number of benzene rings is 1. The first kappa shape index (κ1) is 14.7. The number of methoxy groups -OCH3 is 1. The predicted molar refractivity (Wildman–Crippen MR) is 73.4 cm³/mol. The number of rotatable bonds is 3. The highest BCUT2D eigenvalue weighted by molar-refractivity contribution is 6.21. The van der Waals surface area contributed by atoms with Crippen LogP contribution in [0.3, 0.4) is 0 Å². The fourth-order valence-corrected chi connectivity index (χ4v) is 2.47. The molecule has 1 fully saturated rings. The first-order valence-electron chi connectivity index (χ1n) is 6.31. The summed E-state index contributed by atoms with van der Waals surface area (Å²) in [6.45, 7) is 0.450. The zero-order valence-electron chi connectivity index (χ0n) is 11.1. The average Bonchev–Trinajstić information content (AvgIpc) is 2.87. The number of esters is 1. The minimum atomic E-state index is -0.661. The molecule has 0 bridgehead atoms. The number of hydrogen-bond acceptors (Lipinski definition) is 4. The Kier molecular flexibility index (Phi) is 4.84. The monoisotopic (exact) mass is 297 g/mol. The average molecular weight is 298 g/mol. The lowest BCUT2D eigenvalue weighted by atomic mass is 10.2. The first-order valence-corrected chi connectivity index (χ1v) is 6.74. The molecule has 1 aliphatic heterocycles. The molecule has 1 amide bonds. The van der Waals surface area contributed by atoms with E-state index in [-0.39, 0.29) is 18.5 Å². The fraction of sp³-hybridized carbons (Fsp3) is 0.429.